The van der Waals surface area contributed by atoms with Crippen LogP contribution in [0.1, 0.15) is 38.5 Å². The third-order valence-corrected chi connectivity index (χ3v) is 4.21. The predicted octanol–water partition coefficient (Wildman–Crippen LogP) is 1.65. The molecule has 2 aliphatic heterocycles. The van der Waals surface area contributed by atoms with Crippen molar-refractivity contribution >= 4 is 0 Å². The molecule has 0 amide bonds. The summed E-state index contributed by atoms with van der Waals surface area (Å²) >= 11 is 0. The highest BCUT2D eigenvalue weighted by Crippen LogP contribution is 2.23. The van der Waals surface area contributed by atoms with Crippen molar-refractivity contribution in [1.29, 1.82) is 5.26 Å². The molecule has 2 saturated heterocycles. The van der Waals surface area contributed by atoms with Gasteiger partial charge in [-0.15, -0.1) is 0 Å². The first-order chi connectivity index (χ1) is 7.85. The number of likely N-dealkylation sites (tertiary alicyclic amines) is 1. The molecule has 0 saturated carbocycles. The topological polar surface area (TPSA) is 35.8 Å². The molecule has 2 heterocycles. The van der Waals surface area contributed by atoms with Crippen LogP contribution in [0.3, 0.4) is 0 Å². The van der Waals surface area contributed by atoms with Gasteiger partial charge in [-0.05, 0) is 19.4 Å². The zero-order valence-corrected chi connectivity index (χ0v) is 10.2. The lowest BCUT2D eigenvalue weighted by Gasteiger charge is -2.36. The van der Waals surface area contributed by atoms with Crippen molar-refractivity contribution in [2.45, 2.75) is 44.6 Å². The molecule has 2 rings (SSSR count). The van der Waals surface area contributed by atoms with E-state index < -0.39 is 0 Å². The first-order valence-corrected chi connectivity index (χ1v) is 6.80. The van der Waals surface area contributed by atoms with Crippen LogP contribution in [0.5, 0.6) is 0 Å². The lowest BCUT2D eigenvalue weighted by atomic mass is 10.1. The fourth-order valence-electron chi connectivity index (χ4n) is 3.38. The summed E-state index contributed by atoms with van der Waals surface area (Å²) < 4.78 is 1.29. The molecule has 0 bridgehead atoms. The van der Waals surface area contributed by atoms with Gasteiger partial charge in [0.15, 0.2) is 0 Å². The van der Waals surface area contributed by atoms with Crippen LogP contribution in [0, 0.1) is 11.3 Å². The number of unbranched alkanes of at least 4 members (excludes halogenated alkanes) is 1. The van der Waals surface area contributed by atoms with E-state index in [-0.39, 0.29) is 0 Å². The maximum Gasteiger partial charge on any atom is 0.0942 e. The van der Waals surface area contributed by atoms with E-state index >= 15 is 0 Å². The molecule has 0 aromatic carbocycles. The Labute approximate surface area is 99.0 Å². The number of nitriles is 1. The van der Waals surface area contributed by atoms with Crippen LogP contribution < -0.4 is 5.32 Å². The minimum Gasteiger partial charge on any atom is -0.322 e. The Morgan fingerprint density at radius 1 is 1.25 bits per heavy atom. The molecule has 0 aromatic rings. The number of nitrogens with one attached hydrogen (secondary N) is 1. The summed E-state index contributed by atoms with van der Waals surface area (Å²) in [5, 5.41) is 12.3. The van der Waals surface area contributed by atoms with Crippen molar-refractivity contribution in [3.8, 4) is 6.07 Å². The van der Waals surface area contributed by atoms with Crippen molar-refractivity contribution in [3.05, 3.63) is 0 Å². The Bertz CT molecular complexity index is 244. The van der Waals surface area contributed by atoms with E-state index in [1.54, 1.807) is 0 Å². The van der Waals surface area contributed by atoms with Crippen LogP contribution in [0.4, 0.5) is 0 Å². The molecular weight excluding hydrogens is 198 g/mol. The van der Waals surface area contributed by atoms with Crippen molar-refractivity contribution in [2.24, 2.45) is 0 Å². The molecular formula is C13H24N3+. The van der Waals surface area contributed by atoms with Crippen molar-refractivity contribution < 1.29 is 4.48 Å². The smallest absolute Gasteiger partial charge is 0.0942 e. The molecule has 0 aromatic heterocycles. The molecule has 0 aliphatic carbocycles. The minimum absolute atomic E-state index is 0.734. The van der Waals surface area contributed by atoms with Gasteiger partial charge in [-0.1, -0.05) is 0 Å². The fourth-order valence-corrected chi connectivity index (χ4v) is 3.38. The molecule has 3 nitrogen and oxygen atoms in total. The Kier molecular flexibility index (Phi) is 4.20. The van der Waals surface area contributed by atoms with Gasteiger partial charge in [-0.2, -0.15) is 5.26 Å². The second kappa shape index (κ2) is 5.65. The van der Waals surface area contributed by atoms with Gasteiger partial charge in [0.1, 0.15) is 0 Å². The first-order valence-electron chi connectivity index (χ1n) is 6.80. The lowest BCUT2D eigenvalue weighted by molar-refractivity contribution is -0.917. The monoisotopic (exact) mass is 222 g/mol. The fraction of sp³-hybridized carbons (Fsp3) is 0.923. The minimum atomic E-state index is 0.734. The third kappa shape index (κ3) is 2.96. The van der Waals surface area contributed by atoms with Gasteiger partial charge in [-0.25, -0.2) is 0 Å². The largest absolute Gasteiger partial charge is 0.322 e. The molecule has 0 radical (unpaired) electrons. The molecule has 1 N–H and O–H groups in total. The van der Waals surface area contributed by atoms with Gasteiger partial charge in [0.25, 0.3) is 0 Å². The maximum atomic E-state index is 8.64. The van der Waals surface area contributed by atoms with E-state index in [2.05, 4.69) is 11.4 Å². The molecule has 2 fully saturated rings. The summed E-state index contributed by atoms with van der Waals surface area (Å²) in [6.07, 6.45) is 7.31. The first kappa shape index (κ1) is 11.9. The maximum absolute atomic E-state index is 8.64. The average Bonchev–Trinajstić information content (AvgIpc) is 2.91. The Morgan fingerprint density at radius 3 is 2.69 bits per heavy atom. The third-order valence-electron chi connectivity index (χ3n) is 4.21. The summed E-state index contributed by atoms with van der Waals surface area (Å²) in [4.78, 5) is 0. The Hall–Kier alpha value is -0.590. The van der Waals surface area contributed by atoms with Gasteiger partial charge in [-0.3, -0.25) is 0 Å². The van der Waals surface area contributed by atoms with Crippen LogP contribution in [-0.4, -0.2) is 43.2 Å². The zero-order chi connectivity index (χ0) is 11.3. The zero-order valence-electron chi connectivity index (χ0n) is 10.2. The summed E-state index contributed by atoms with van der Waals surface area (Å²) in [7, 11) is 0. The Morgan fingerprint density at radius 2 is 2.06 bits per heavy atom. The van der Waals surface area contributed by atoms with Gasteiger partial charge < -0.3 is 9.80 Å². The summed E-state index contributed by atoms with van der Waals surface area (Å²) in [5.74, 6) is 0. The van der Waals surface area contributed by atoms with Gasteiger partial charge >= 0.3 is 0 Å². The quantitative estimate of drug-likeness (QED) is 0.567. The Balaban J connectivity index is 1.84. The summed E-state index contributed by atoms with van der Waals surface area (Å²) in [6, 6.07) is 3.03. The van der Waals surface area contributed by atoms with E-state index in [1.807, 2.05) is 0 Å². The lowest BCUT2D eigenvalue weighted by Crippen LogP contribution is -2.52. The van der Waals surface area contributed by atoms with Crippen LogP contribution in [0.2, 0.25) is 0 Å². The van der Waals surface area contributed by atoms with E-state index in [0.717, 1.165) is 18.9 Å². The second-order valence-electron chi connectivity index (χ2n) is 5.46. The van der Waals surface area contributed by atoms with Crippen molar-refractivity contribution in [1.82, 2.24) is 5.32 Å². The van der Waals surface area contributed by atoms with Crippen molar-refractivity contribution in [2.75, 3.05) is 32.7 Å². The SMILES string of the molecule is N#CCCC[N+]1(C[C@@H]2CCCN2)CCCC1. The van der Waals surface area contributed by atoms with E-state index in [1.165, 1.54) is 62.9 Å². The van der Waals surface area contributed by atoms with Crippen LogP contribution in [-0.2, 0) is 0 Å². The molecule has 16 heavy (non-hydrogen) atoms. The van der Waals surface area contributed by atoms with E-state index in [4.69, 9.17) is 5.26 Å². The number of rotatable bonds is 5. The predicted molar refractivity (Wildman–Crippen MR) is 64.8 cm³/mol. The number of quaternary nitrogens is 1. The molecule has 3 heteroatoms. The van der Waals surface area contributed by atoms with E-state index in [9.17, 15) is 0 Å². The average molecular weight is 222 g/mol. The summed E-state index contributed by atoms with van der Waals surface area (Å²) in [5.41, 5.74) is 0. The van der Waals surface area contributed by atoms with E-state index in [0.29, 0.717) is 0 Å². The highest BCUT2D eigenvalue weighted by Gasteiger charge is 2.34. The molecule has 0 spiro atoms. The van der Waals surface area contributed by atoms with Crippen molar-refractivity contribution in [3.63, 3.8) is 0 Å². The molecule has 90 valence electrons. The van der Waals surface area contributed by atoms with Gasteiger partial charge in [0.2, 0.25) is 0 Å². The van der Waals surface area contributed by atoms with Gasteiger partial charge in [0.05, 0.1) is 38.3 Å². The highest BCUT2D eigenvalue weighted by molar-refractivity contribution is 4.76. The molecule has 1 atom stereocenters. The number of nitrogens with zero attached hydrogens (tertiary/aromatic N) is 2. The van der Waals surface area contributed by atoms with Crippen LogP contribution in [0.15, 0.2) is 0 Å². The molecule has 0 unspecified atom stereocenters. The standard InChI is InChI=1S/C13H24N3/c14-7-1-2-9-16(10-3-4-11-16)12-13-6-5-8-15-13/h13,15H,1-6,8-12H2/q+1/t13-/m0/s1. The number of hydrogen-bond donors (Lipinski definition) is 1. The van der Waals surface area contributed by atoms with Gasteiger partial charge in [0, 0.05) is 25.7 Å². The van der Waals surface area contributed by atoms with Crippen LogP contribution >= 0.6 is 0 Å². The number of hydrogen-bond acceptors (Lipinski definition) is 2. The second-order valence-corrected chi connectivity index (χ2v) is 5.46. The molecule has 2 aliphatic rings. The highest BCUT2D eigenvalue weighted by atomic mass is 15.4. The summed E-state index contributed by atoms with van der Waals surface area (Å²) in [6.45, 7) is 6.45. The normalized spacial score (nSPS) is 28.1. The van der Waals surface area contributed by atoms with Crippen LogP contribution in [0.25, 0.3) is 0 Å².